The number of halogens is 1. The minimum absolute atomic E-state index is 0.164. The second-order valence-corrected chi connectivity index (χ2v) is 5.06. The van der Waals surface area contributed by atoms with Gasteiger partial charge in [0.15, 0.2) is 0 Å². The predicted molar refractivity (Wildman–Crippen MR) is 77.7 cm³/mol. The number of amides is 1. The van der Waals surface area contributed by atoms with Crippen LogP contribution in [0.4, 0.5) is 5.69 Å². The Hall–Kier alpha value is -1.82. The minimum atomic E-state index is -0.164. The van der Waals surface area contributed by atoms with Crippen LogP contribution in [0.1, 0.15) is 21.6 Å². The molecule has 100 valence electrons. The summed E-state index contributed by atoms with van der Waals surface area (Å²) in [5.41, 5.74) is 8.86. The van der Waals surface area contributed by atoms with Gasteiger partial charge in [0.05, 0.1) is 16.2 Å². The van der Waals surface area contributed by atoms with E-state index in [4.69, 9.17) is 5.73 Å². The van der Waals surface area contributed by atoms with Crippen molar-refractivity contribution in [3.8, 4) is 0 Å². The summed E-state index contributed by atoms with van der Waals surface area (Å²) in [5, 5.41) is 6.99. The van der Waals surface area contributed by atoms with Crippen molar-refractivity contribution >= 4 is 27.5 Å². The number of nitrogen functional groups attached to an aromatic ring is 1. The zero-order valence-electron chi connectivity index (χ0n) is 10.8. The average Bonchev–Trinajstić information content (AvgIpc) is 2.70. The molecule has 0 saturated carbocycles. The normalized spacial score (nSPS) is 10.5. The van der Waals surface area contributed by atoms with Crippen molar-refractivity contribution in [2.45, 2.75) is 13.5 Å². The van der Waals surface area contributed by atoms with Crippen LogP contribution in [0.15, 0.2) is 28.9 Å². The molecule has 0 aliphatic rings. The number of hydrogen-bond donors (Lipinski definition) is 2. The number of aromatic nitrogens is 2. The van der Waals surface area contributed by atoms with Gasteiger partial charge in [-0.05, 0) is 35.0 Å². The van der Waals surface area contributed by atoms with Gasteiger partial charge in [0.2, 0.25) is 0 Å². The fourth-order valence-electron chi connectivity index (χ4n) is 1.71. The Morgan fingerprint density at radius 2 is 2.26 bits per heavy atom. The third-order valence-electron chi connectivity index (χ3n) is 3.05. The lowest BCUT2D eigenvalue weighted by Crippen LogP contribution is -2.23. The molecule has 0 atom stereocenters. The number of anilines is 1. The predicted octanol–water partition coefficient (Wildman–Crippen LogP) is 2.00. The third kappa shape index (κ3) is 2.78. The number of nitrogens with two attached hydrogens (primary N) is 1. The van der Waals surface area contributed by atoms with Gasteiger partial charge in [-0.1, -0.05) is 6.07 Å². The number of benzene rings is 1. The van der Waals surface area contributed by atoms with Gasteiger partial charge >= 0.3 is 0 Å². The molecule has 0 aliphatic carbocycles. The van der Waals surface area contributed by atoms with Crippen LogP contribution in [-0.2, 0) is 13.6 Å². The number of rotatable bonds is 3. The molecule has 1 aromatic heterocycles. The molecule has 0 bridgehead atoms. The Balaban J connectivity index is 2.10. The summed E-state index contributed by atoms with van der Waals surface area (Å²) < 4.78 is 2.40. The molecule has 0 spiro atoms. The second-order valence-electron chi connectivity index (χ2n) is 4.27. The highest BCUT2D eigenvalue weighted by Crippen LogP contribution is 2.23. The molecule has 0 aliphatic heterocycles. The highest BCUT2D eigenvalue weighted by Gasteiger charge is 2.12. The van der Waals surface area contributed by atoms with E-state index in [1.54, 1.807) is 29.1 Å². The number of nitrogens with zero attached hydrogens (tertiary/aromatic N) is 2. The van der Waals surface area contributed by atoms with E-state index in [-0.39, 0.29) is 5.91 Å². The van der Waals surface area contributed by atoms with E-state index < -0.39 is 0 Å². The molecule has 0 unspecified atom stereocenters. The SMILES string of the molecule is Cc1c(CNC(=O)c2cccc(N)c2Br)cnn1C. The molecule has 3 N–H and O–H groups in total. The van der Waals surface area contributed by atoms with Gasteiger partial charge in [0.1, 0.15) is 0 Å². The summed E-state index contributed by atoms with van der Waals surface area (Å²) >= 11 is 3.32. The average molecular weight is 323 g/mol. The first kappa shape index (κ1) is 13.6. The van der Waals surface area contributed by atoms with E-state index >= 15 is 0 Å². The lowest BCUT2D eigenvalue weighted by molar-refractivity contribution is 0.0950. The number of carbonyl (C=O) groups excluding carboxylic acids is 1. The molecule has 2 rings (SSSR count). The van der Waals surface area contributed by atoms with Crippen LogP contribution in [0.25, 0.3) is 0 Å². The summed E-state index contributed by atoms with van der Waals surface area (Å²) in [7, 11) is 1.87. The monoisotopic (exact) mass is 322 g/mol. The lowest BCUT2D eigenvalue weighted by Gasteiger charge is -2.08. The molecule has 5 nitrogen and oxygen atoms in total. The van der Waals surface area contributed by atoms with Crippen LogP contribution in [0.3, 0.4) is 0 Å². The van der Waals surface area contributed by atoms with Crippen LogP contribution in [0, 0.1) is 6.92 Å². The van der Waals surface area contributed by atoms with Crippen molar-refractivity contribution in [2.75, 3.05) is 5.73 Å². The number of carbonyl (C=O) groups is 1. The van der Waals surface area contributed by atoms with Crippen LogP contribution in [-0.4, -0.2) is 15.7 Å². The zero-order chi connectivity index (χ0) is 14.0. The Bertz CT molecular complexity index is 621. The van der Waals surface area contributed by atoms with E-state index in [1.807, 2.05) is 14.0 Å². The summed E-state index contributed by atoms with van der Waals surface area (Å²) in [5.74, 6) is -0.164. The van der Waals surface area contributed by atoms with Gasteiger partial charge in [-0.15, -0.1) is 0 Å². The highest BCUT2D eigenvalue weighted by atomic mass is 79.9. The molecule has 6 heteroatoms. The van der Waals surface area contributed by atoms with Crippen molar-refractivity contribution in [3.63, 3.8) is 0 Å². The quantitative estimate of drug-likeness (QED) is 0.849. The Morgan fingerprint density at radius 1 is 1.53 bits per heavy atom. The smallest absolute Gasteiger partial charge is 0.252 e. The topological polar surface area (TPSA) is 72.9 Å². The van der Waals surface area contributed by atoms with Crippen molar-refractivity contribution in [3.05, 3.63) is 45.7 Å². The van der Waals surface area contributed by atoms with Crippen LogP contribution in [0.5, 0.6) is 0 Å². The fraction of sp³-hybridized carbons (Fsp3) is 0.231. The zero-order valence-corrected chi connectivity index (χ0v) is 12.4. The maximum Gasteiger partial charge on any atom is 0.252 e. The van der Waals surface area contributed by atoms with E-state index in [0.717, 1.165) is 11.3 Å². The molecule has 1 amide bonds. The summed E-state index contributed by atoms with van der Waals surface area (Å²) in [4.78, 5) is 12.1. The molecule has 0 fully saturated rings. The van der Waals surface area contributed by atoms with Gasteiger partial charge in [0, 0.05) is 30.5 Å². The molecule has 0 radical (unpaired) electrons. The van der Waals surface area contributed by atoms with Crippen molar-refractivity contribution < 1.29 is 4.79 Å². The maximum absolute atomic E-state index is 12.1. The number of nitrogens with one attached hydrogen (secondary N) is 1. The van der Waals surface area contributed by atoms with Crippen molar-refractivity contribution in [1.29, 1.82) is 0 Å². The maximum atomic E-state index is 12.1. The van der Waals surface area contributed by atoms with Crippen LogP contribution >= 0.6 is 15.9 Å². The van der Waals surface area contributed by atoms with Gasteiger partial charge < -0.3 is 11.1 Å². The molecule has 1 aromatic carbocycles. The Morgan fingerprint density at radius 3 is 2.89 bits per heavy atom. The molecule has 19 heavy (non-hydrogen) atoms. The molecular weight excluding hydrogens is 308 g/mol. The fourth-order valence-corrected chi connectivity index (χ4v) is 2.16. The van der Waals surface area contributed by atoms with Gasteiger partial charge in [-0.2, -0.15) is 5.10 Å². The van der Waals surface area contributed by atoms with Gasteiger partial charge in [0.25, 0.3) is 5.91 Å². The van der Waals surface area contributed by atoms with Gasteiger partial charge in [-0.3, -0.25) is 9.48 Å². The van der Waals surface area contributed by atoms with E-state index in [0.29, 0.717) is 22.3 Å². The Kier molecular flexibility index (Phi) is 3.90. The lowest BCUT2D eigenvalue weighted by atomic mass is 10.2. The first-order valence-corrected chi connectivity index (χ1v) is 6.59. The third-order valence-corrected chi connectivity index (χ3v) is 3.93. The Labute approximate surface area is 119 Å². The molecular formula is C13H15BrN4O. The largest absolute Gasteiger partial charge is 0.398 e. The van der Waals surface area contributed by atoms with E-state index in [2.05, 4.69) is 26.3 Å². The molecule has 1 heterocycles. The first-order chi connectivity index (χ1) is 9.00. The second kappa shape index (κ2) is 5.44. The van der Waals surface area contributed by atoms with E-state index in [1.165, 1.54) is 0 Å². The number of hydrogen-bond acceptors (Lipinski definition) is 3. The van der Waals surface area contributed by atoms with Crippen molar-refractivity contribution in [2.24, 2.45) is 7.05 Å². The molecule has 0 saturated heterocycles. The van der Waals surface area contributed by atoms with Gasteiger partial charge in [-0.25, -0.2) is 0 Å². The summed E-state index contributed by atoms with van der Waals surface area (Å²) in [6, 6.07) is 5.22. The van der Waals surface area contributed by atoms with Crippen LogP contribution < -0.4 is 11.1 Å². The summed E-state index contributed by atoms with van der Waals surface area (Å²) in [6.07, 6.45) is 1.75. The van der Waals surface area contributed by atoms with Crippen LogP contribution in [0.2, 0.25) is 0 Å². The minimum Gasteiger partial charge on any atom is -0.398 e. The highest BCUT2D eigenvalue weighted by molar-refractivity contribution is 9.10. The standard InChI is InChI=1S/C13H15BrN4O/c1-8-9(7-17-18(8)2)6-16-13(19)10-4-3-5-11(15)12(10)14/h3-5,7H,6,15H2,1-2H3,(H,16,19). The van der Waals surface area contributed by atoms with E-state index in [9.17, 15) is 4.79 Å². The summed E-state index contributed by atoms with van der Waals surface area (Å²) in [6.45, 7) is 2.41. The number of aryl methyl sites for hydroxylation is 1. The first-order valence-electron chi connectivity index (χ1n) is 5.80. The molecule has 2 aromatic rings. The van der Waals surface area contributed by atoms with Crippen molar-refractivity contribution in [1.82, 2.24) is 15.1 Å².